The molecule has 0 aromatic carbocycles. The number of rotatable bonds is 4. The molecule has 21 heavy (non-hydrogen) atoms. The molecule has 1 saturated heterocycles. The van der Waals surface area contributed by atoms with Gasteiger partial charge in [-0.15, -0.1) is 0 Å². The molecule has 1 N–H and O–H groups in total. The highest BCUT2D eigenvalue weighted by Gasteiger charge is 2.22. The second kappa shape index (κ2) is 7.12. The van der Waals surface area contributed by atoms with Crippen LogP contribution in [0.5, 0.6) is 0 Å². The van der Waals surface area contributed by atoms with Crippen molar-refractivity contribution in [3.05, 3.63) is 29.8 Å². The smallest absolute Gasteiger partial charge is 0.255 e. The maximum absolute atomic E-state index is 12.7. The maximum atomic E-state index is 12.7. The van der Waals surface area contributed by atoms with Crippen molar-refractivity contribution in [1.82, 2.24) is 20.1 Å². The Morgan fingerprint density at radius 3 is 2.57 bits per heavy atom. The van der Waals surface area contributed by atoms with Gasteiger partial charge in [-0.3, -0.25) is 14.5 Å². The Bertz CT molecular complexity index is 498. The van der Waals surface area contributed by atoms with Crippen LogP contribution in [-0.4, -0.2) is 65.9 Å². The fourth-order valence-electron chi connectivity index (χ4n) is 2.25. The van der Waals surface area contributed by atoms with E-state index in [1.54, 1.807) is 4.90 Å². The second-order valence-corrected chi connectivity index (χ2v) is 4.99. The lowest BCUT2D eigenvalue weighted by Crippen LogP contribution is -2.50. The van der Waals surface area contributed by atoms with Gasteiger partial charge in [0.15, 0.2) is 0 Å². The van der Waals surface area contributed by atoms with Gasteiger partial charge < -0.3 is 10.2 Å². The van der Waals surface area contributed by atoms with Crippen LogP contribution in [0.25, 0.3) is 0 Å². The summed E-state index contributed by atoms with van der Waals surface area (Å²) in [5.41, 5.74) is 0.406. The summed E-state index contributed by atoms with van der Waals surface area (Å²) in [7, 11) is 0. The van der Waals surface area contributed by atoms with Crippen LogP contribution >= 0.6 is 0 Å². The molecule has 1 aromatic heterocycles. The van der Waals surface area contributed by atoms with Crippen molar-refractivity contribution in [2.45, 2.75) is 6.92 Å². The first-order valence-corrected chi connectivity index (χ1v) is 6.94. The van der Waals surface area contributed by atoms with Gasteiger partial charge in [0.25, 0.3) is 5.91 Å². The van der Waals surface area contributed by atoms with Gasteiger partial charge in [-0.05, 0) is 12.1 Å². The summed E-state index contributed by atoms with van der Waals surface area (Å²) < 4.78 is 12.7. The topological polar surface area (TPSA) is 65.5 Å². The zero-order valence-electron chi connectivity index (χ0n) is 12.0. The minimum Gasteiger partial charge on any atom is -0.355 e. The summed E-state index contributed by atoms with van der Waals surface area (Å²) in [4.78, 5) is 30.4. The Hall–Kier alpha value is -2.02. The number of aromatic nitrogens is 1. The molecule has 0 saturated carbocycles. The molecule has 1 aliphatic heterocycles. The maximum Gasteiger partial charge on any atom is 0.255 e. The van der Waals surface area contributed by atoms with E-state index in [9.17, 15) is 14.0 Å². The molecular formula is C14H19FN4O2. The van der Waals surface area contributed by atoms with Gasteiger partial charge in [0.1, 0.15) is 0 Å². The van der Waals surface area contributed by atoms with Crippen molar-refractivity contribution >= 4 is 11.8 Å². The number of nitrogens with zero attached hydrogens (tertiary/aromatic N) is 3. The van der Waals surface area contributed by atoms with Gasteiger partial charge >= 0.3 is 0 Å². The first-order valence-electron chi connectivity index (χ1n) is 6.94. The lowest BCUT2D eigenvalue weighted by atomic mass is 10.2. The van der Waals surface area contributed by atoms with E-state index in [1.807, 2.05) is 0 Å². The van der Waals surface area contributed by atoms with Gasteiger partial charge in [0, 0.05) is 52.4 Å². The van der Waals surface area contributed by atoms with E-state index in [0.29, 0.717) is 25.2 Å². The third-order valence-corrected chi connectivity index (χ3v) is 3.44. The summed E-state index contributed by atoms with van der Waals surface area (Å²) in [5.74, 6) is -0.744. The summed E-state index contributed by atoms with van der Waals surface area (Å²) in [5, 5.41) is 2.75. The quantitative estimate of drug-likeness (QED) is 0.801. The molecule has 7 heteroatoms. The van der Waals surface area contributed by atoms with Gasteiger partial charge in [-0.2, -0.15) is 4.39 Å². The molecule has 0 spiro atoms. The van der Waals surface area contributed by atoms with E-state index in [2.05, 4.69) is 15.2 Å². The molecule has 114 valence electrons. The highest BCUT2D eigenvalue weighted by Crippen LogP contribution is 2.08. The lowest BCUT2D eigenvalue weighted by Gasteiger charge is -2.34. The molecule has 0 unspecified atom stereocenters. The van der Waals surface area contributed by atoms with E-state index >= 15 is 0 Å². The van der Waals surface area contributed by atoms with Crippen LogP contribution in [0, 0.1) is 5.95 Å². The summed E-state index contributed by atoms with van der Waals surface area (Å²) in [6.07, 6.45) is 1.26. The Morgan fingerprint density at radius 1 is 1.29 bits per heavy atom. The van der Waals surface area contributed by atoms with Crippen LogP contribution < -0.4 is 5.32 Å². The first-order chi connectivity index (χ1) is 10.1. The lowest BCUT2D eigenvalue weighted by molar-refractivity contribution is -0.119. The number of nitrogens with one attached hydrogen (secondary N) is 1. The number of pyridine rings is 1. The van der Waals surface area contributed by atoms with E-state index in [0.717, 1.165) is 19.6 Å². The molecule has 0 aliphatic carbocycles. The number of piperazine rings is 1. The largest absolute Gasteiger partial charge is 0.355 e. The van der Waals surface area contributed by atoms with Crippen molar-refractivity contribution in [1.29, 1.82) is 0 Å². The van der Waals surface area contributed by atoms with E-state index < -0.39 is 5.95 Å². The molecule has 2 heterocycles. The van der Waals surface area contributed by atoms with Gasteiger partial charge in [0.05, 0.1) is 5.56 Å². The molecule has 6 nitrogen and oxygen atoms in total. The summed E-state index contributed by atoms with van der Waals surface area (Å²) >= 11 is 0. The summed E-state index contributed by atoms with van der Waals surface area (Å²) in [6.45, 7) is 5.66. The average Bonchev–Trinajstić information content (AvgIpc) is 2.48. The number of carbonyl (C=O) groups is 2. The second-order valence-electron chi connectivity index (χ2n) is 4.99. The molecule has 1 fully saturated rings. The van der Waals surface area contributed by atoms with E-state index in [4.69, 9.17) is 0 Å². The van der Waals surface area contributed by atoms with Crippen molar-refractivity contribution in [3.8, 4) is 0 Å². The fourth-order valence-corrected chi connectivity index (χ4v) is 2.25. The number of amides is 2. The zero-order valence-corrected chi connectivity index (χ0v) is 12.0. The number of hydrogen-bond acceptors (Lipinski definition) is 4. The van der Waals surface area contributed by atoms with Gasteiger partial charge in [-0.25, -0.2) is 4.98 Å². The van der Waals surface area contributed by atoms with Crippen LogP contribution in [-0.2, 0) is 4.79 Å². The standard InChI is InChI=1S/C14H19FN4O2/c1-11(20)16-4-5-18-6-8-19(9-7-18)14(21)12-2-3-13(15)17-10-12/h2-3,10H,4-9H2,1H3,(H,16,20). The monoisotopic (exact) mass is 294 g/mol. The molecular weight excluding hydrogens is 275 g/mol. The molecule has 0 atom stereocenters. The number of carbonyl (C=O) groups excluding carboxylic acids is 2. The van der Waals surface area contributed by atoms with Crippen molar-refractivity contribution in [2.24, 2.45) is 0 Å². The number of halogens is 1. The van der Waals surface area contributed by atoms with Gasteiger partial charge in [0.2, 0.25) is 11.9 Å². The fraction of sp³-hybridized carbons (Fsp3) is 0.500. The highest BCUT2D eigenvalue weighted by atomic mass is 19.1. The average molecular weight is 294 g/mol. The van der Waals surface area contributed by atoms with Crippen LogP contribution in [0.2, 0.25) is 0 Å². The van der Waals surface area contributed by atoms with Crippen LogP contribution in [0.4, 0.5) is 4.39 Å². The Kier molecular flexibility index (Phi) is 5.21. The van der Waals surface area contributed by atoms with Crippen LogP contribution in [0.15, 0.2) is 18.3 Å². The minimum absolute atomic E-state index is 0.0346. The minimum atomic E-state index is -0.589. The zero-order chi connectivity index (χ0) is 15.2. The van der Waals surface area contributed by atoms with Crippen molar-refractivity contribution in [2.75, 3.05) is 39.3 Å². The Balaban J connectivity index is 1.79. The predicted molar refractivity (Wildman–Crippen MR) is 75.2 cm³/mol. The third-order valence-electron chi connectivity index (χ3n) is 3.44. The third kappa shape index (κ3) is 4.49. The molecule has 1 aromatic rings. The predicted octanol–water partition coefficient (Wildman–Crippen LogP) is 0.115. The SMILES string of the molecule is CC(=O)NCCN1CCN(C(=O)c2ccc(F)nc2)CC1. The van der Waals surface area contributed by atoms with Gasteiger partial charge in [-0.1, -0.05) is 0 Å². The van der Waals surface area contributed by atoms with Crippen LogP contribution in [0.3, 0.4) is 0 Å². The van der Waals surface area contributed by atoms with E-state index in [-0.39, 0.29) is 11.8 Å². The highest BCUT2D eigenvalue weighted by molar-refractivity contribution is 5.93. The van der Waals surface area contributed by atoms with Crippen LogP contribution in [0.1, 0.15) is 17.3 Å². The molecule has 2 amide bonds. The Morgan fingerprint density at radius 2 is 2.00 bits per heavy atom. The number of hydrogen-bond donors (Lipinski definition) is 1. The Labute approximate surface area is 122 Å². The first kappa shape index (κ1) is 15.4. The molecule has 1 aliphatic rings. The molecule has 0 bridgehead atoms. The van der Waals surface area contributed by atoms with Crippen molar-refractivity contribution in [3.63, 3.8) is 0 Å². The van der Waals surface area contributed by atoms with Crippen molar-refractivity contribution < 1.29 is 14.0 Å². The summed E-state index contributed by atoms with van der Waals surface area (Å²) in [6, 6.07) is 2.64. The normalized spacial score (nSPS) is 15.8. The molecule has 0 radical (unpaired) electrons. The van der Waals surface area contributed by atoms with E-state index in [1.165, 1.54) is 25.3 Å². The molecule has 2 rings (SSSR count).